The van der Waals surface area contributed by atoms with E-state index in [-0.39, 0.29) is 18.6 Å². The highest BCUT2D eigenvalue weighted by Gasteiger charge is 2.19. The van der Waals surface area contributed by atoms with E-state index in [2.05, 4.69) is 15.3 Å². The molecule has 0 fully saturated rings. The number of hydrogen-bond donors (Lipinski definition) is 3. The average Bonchev–Trinajstić information content (AvgIpc) is 2.34. The Morgan fingerprint density at radius 3 is 2.78 bits per heavy atom. The summed E-state index contributed by atoms with van der Waals surface area (Å²) in [5, 5.41) is 12.2. The molecule has 18 heavy (non-hydrogen) atoms. The van der Waals surface area contributed by atoms with Crippen molar-refractivity contribution in [3.8, 4) is 0 Å². The van der Waals surface area contributed by atoms with E-state index in [1.165, 1.54) is 11.8 Å². The Labute approximate surface area is 109 Å². The molecular formula is C11H17N3O3S. The van der Waals surface area contributed by atoms with E-state index >= 15 is 0 Å². The molecule has 1 amide bonds. The van der Waals surface area contributed by atoms with Gasteiger partial charge in [0.05, 0.1) is 18.2 Å². The number of aromatic amines is 1. The van der Waals surface area contributed by atoms with Gasteiger partial charge >= 0.3 is 5.69 Å². The molecule has 0 aliphatic heterocycles. The van der Waals surface area contributed by atoms with Crippen LogP contribution in [0.15, 0.2) is 9.82 Å². The first-order valence-electron chi connectivity index (χ1n) is 5.60. The van der Waals surface area contributed by atoms with E-state index in [1.807, 2.05) is 6.92 Å². The first-order valence-corrected chi connectivity index (χ1v) is 6.82. The zero-order valence-corrected chi connectivity index (χ0v) is 11.4. The quantitative estimate of drug-likeness (QED) is 0.529. The van der Waals surface area contributed by atoms with Crippen LogP contribution in [-0.2, 0) is 0 Å². The molecule has 1 atom stereocenters. The topological polar surface area (TPSA) is 95.1 Å². The lowest BCUT2D eigenvalue weighted by Gasteiger charge is -2.15. The predicted octanol–water partition coefficient (Wildman–Crippen LogP) is 0.301. The molecule has 100 valence electrons. The van der Waals surface area contributed by atoms with Crippen molar-refractivity contribution in [3.05, 3.63) is 21.7 Å². The van der Waals surface area contributed by atoms with Crippen LogP contribution in [0, 0.1) is 6.92 Å². The van der Waals surface area contributed by atoms with Crippen molar-refractivity contribution in [2.75, 3.05) is 12.9 Å². The van der Waals surface area contributed by atoms with E-state index in [1.54, 1.807) is 13.2 Å². The summed E-state index contributed by atoms with van der Waals surface area (Å²) in [6, 6.07) is -0.293. The summed E-state index contributed by atoms with van der Waals surface area (Å²) >= 11 is 1.24. The van der Waals surface area contributed by atoms with Gasteiger partial charge in [0.25, 0.3) is 5.91 Å². The van der Waals surface area contributed by atoms with Crippen molar-refractivity contribution in [2.45, 2.75) is 31.3 Å². The second-order valence-electron chi connectivity index (χ2n) is 3.81. The van der Waals surface area contributed by atoms with Crippen LogP contribution in [0.5, 0.6) is 0 Å². The molecule has 0 aliphatic carbocycles. The van der Waals surface area contributed by atoms with E-state index in [0.717, 1.165) is 0 Å². The first kappa shape index (κ1) is 14.7. The summed E-state index contributed by atoms with van der Waals surface area (Å²) in [7, 11) is 0. The third kappa shape index (κ3) is 3.33. The number of amides is 1. The molecule has 7 heteroatoms. The van der Waals surface area contributed by atoms with Gasteiger partial charge in [0.2, 0.25) is 0 Å². The third-order valence-electron chi connectivity index (χ3n) is 2.56. The zero-order chi connectivity index (χ0) is 13.7. The normalized spacial score (nSPS) is 12.2. The van der Waals surface area contributed by atoms with Gasteiger partial charge in [-0.3, -0.25) is 4.79 Å². The van der Waals surface area contributed by atoms with Crippen molar-refractivity contribution in [1.29, 1.82) is 0 Å². The Morgan fingerprint density at radius 2 is 2.28 bits per heavy atom. The summed E-state index contributed by atoms with van der Waals surface area (Å²) in [5.74, 6) is -0.332. The van der Waals surface area contributed by atoms with E-state index in [0.29, 0.717) is 22.7 Å². The molecule has 0 bridgehead atoms. The average molecular weight is 271 g/mol. The van der Waals surface area contributed by atoms with Gasteiger partial charge in [-0.15, -0.1) is 11.8 Å². The summed E-state index contributed by atoms with van der Waals surface area (Å²) < 4.78 is 0. The summed E-state index contributed by atoms with van der Waals surface area (Å²) in [6.45, 7) is 3.40. The van der Waals surface area contributed by atoms with Crippen molar-refractivity contribution >= 4 is 17.7 Å². The Hall–Kier alpha value is -1.34. The Kier molecular flexibility index (Phi) is 5.36. The highest BCUT2D eigenvalue weighted by atomic mass is 32.2. The molecule has 1 heterocycles. The van der Waals surface area contributed by atoms with Crippen molar-refractivity contribution in [2.24, 2.45) is 0 Å². The largest absolute Gasteiger partial charge is 0.394 e. The van der Waals surface area contributed by atoms with Gasteiger partial charge in [0.15, 0.2) is 0 Å². The lowest BCUT2D eigenvalue weighted by atomic mass is 10.2. The minimum Gasteiger partial charge on any atom is -0.394 e. The Morgan fingerprint density at radius 1 is 1.61 bits per heavy atom. The summed E-state index contributed by atoms with van der Waals surface area (Å²) in [4.78, 5) is 29.6. The van der Waals surface area contributed by atoms with Gasteiger partial charge in [-0.05, 0) is 19.6 Å². The van der Waals surface area contributed by atoms with Gasteiger partial charge in [0, 0.05) is 5.69 Å². The van der Waals surface area contributed by atoms with E-state index < -0.39 is 5.69 Å². The maximum absolute atomic E-state index is 12.1. The lowest BCUT2D eigenvalue weighted by molar-refractivity contribution is 0.0910. The number of hydrogen-bond acceptors (Lipinski definition) is 5. The van der Waals surface area contributed by atoms with Crippen molar-refractivity contribution < 1.29 is 9.90 Å². The predicted molar refractivity (Wildman–Crippen MR) is 70.0 cm³/mol. The number of carbonyl (C=O) groups is 1. The molecule has 6 nitrogen and oxygen atoms in total. The van der Waals surface area contributed by atoms with Crippen molar-refractivity contribution in [3.63, 3.8) is 0 Å². The summed E-state index contributed by atoms with van der Waals surface area (Å²) in [5.41, 5.74) is 0.362. The zero-order valence-electron chi connectivity index (χ0n) is 10.6. The molecule has 1 aromatic heterocycles. The number of H-pyrrole nitrogens is 1. The molecule has 1 rings (SSSR count). The Balaban J connectivity index is 3.08. The maximum Gasteiger partial charge on any atom is 0.346 e. The number of nitrogens with one attached hydrogen (secondary N) is 2. The van der Waals surface area contributed by atoms with Crippen LogP contribution in [0.4, 0.5) is 0 Å². The number of rotatable bonds is 5. The van der Waals surface area contributed by atoms with Crippen LogP contribution in [0.25, 0.3) is 0 Å². The van der Waals surface area contributed by atoms with Crippen molar-refractivity contribution in [1.82, 2.24) is 15.3 Å². The van der Waals surface area contributed by atoms with E-state index in [9.17, 15) is 9.59 Å². The second-order valence-corrected chi connectivity index (χ2v) is 4.61. The third-order valence-corrected chi connectivity index (χ3v) is 3.24. The number of aryl methyl sites for hydroxylation is 1. The number of carbonyl (C=O) groups excluding carboxylic acids is 1. The molecule has 1 aromatic rings. The van der Waals surface area contributed by atoms with Crippen LogP contribution in [0.1, 0.15) is 29.4 Å². The highest BCUT2D eigenvalue weighted by molar-refractivity contribution is 7.98. The van der Waals surface area contributed by atoms with Crippen LogP contribution < -0.4 is 11.0 Å². The Bertz CT molecular complexity index is 483. The van der Waals surface area contributed by atoms with Gasteiger partial charge in [-0.2, -0.15) is 4.98 Å². The molecule has 0 saturated carbocycles. The SMILES string of the molecule is CCC(CO)NC(=O)c1c(SC)nc(=O)[nH]c1C. The van der Waals surface area contributed by atoms with Crippen LogP contribution in [-0.4, -0.2) is 39.9 Å². The van der Waals surface area contributed by atoms with Gasteiger partial charge in [0.1, 0.15) is 5.03 Å². The smallest absolute Gasteiger partial charge is 0.346 e. The molecule has 3 N–H and O–H groups in total. The maximum atomic E-state index is 12.1. The number of nitrogens with zero attached hydrogens (tertiary/aromatic N) is 1. The van der Waals surface area contributed by atoms with Crippen LogP contribution in [0.3, 0.4) is 0 Å². The van der Waals surface area contributed by atoms with Gasteiger partial charge < -0.3 is 15.4 Å². The standard InChI is InChI=1S/C11H17N3O3S/c1-4-7(5-15)13-9(16)8-6(2)12-11(17)14-10(8)18-3/h7,15H,4-5H2,1-3H3,(H,13,16)(H,12,14,17). The molecular weight excluding hydrogens is 254 g/mol. The number of thioether (sulfide) groups is 1. The van der Waals surface area contributed by atoms with Gasteiger partial charge in [-0.1, -0.05) is 6.92 Å². The minimum absolute atomic E-state index is 0.118. The van der Waals surface area contributed by atoms with Crippen LogP contribution >= 0.6 is 11.8 Å². The lowest BCUT2D eigenvalue weighted by Crippen LogP contribution is -2.38. The fourth-order valence-corrected chi connectivity index (χ4v) is 2.13. The second kappa shape index (κ2) is 6.55. The fourth-order valence-electron chi connectivity index (χ4n) is 1.51. The fraction of sp³-hybridized carbons (Fsp3) is 0.545. The van der Waals surface area contributed by atoms with Crippen LogP contribution in [0.2, 0.25) is 0 Å². The number of aromatic nitrogens is 2. The minimum atomic E-state index is -0.470. The molecule has 1 unspecified atom stereocenters. The number of aliphatic hydroxyl groups is 1. The number of aliphatic hydroxyl groups excluding tert-OH is 1. The van der Waals surface area contributed by atoms with E-state index in [4.69, 9.17) is 5.11 Å². The first-order chi connectivity index (χ1) is 8.53. The molecule has 0 saturated heterocycles. The molecule has 0 spiro atoms. The highest BCUT2D eigenvalue weighted by Crippen LogP contribution is 2.18. The monoisotopic (exact) mass is 271 g/mol. The molecule has 0 aromatic carbocycles. The molecule has 0 aliphatic rings. The van der Waals surface area contributed by atoms with Gasteiger partial charge in [-0.25, -0.2) is 4.79 Å². The summed E-state index contributed by atoms with van der Waals surface area (Å²) in [6.07, 6.45) is 2.38. The molecule has 0 radical (unpaired) electrons.